The van der Waals surface area contributed by atoms with Crippen LogP contribution in [0, 0.1) is 11.8 Å². The minimum absolute atomic E-state index is 0.0913. The van der Waals surface area contributed by atoms with Gasteiger partial charge in [0.15, 0.2) is 0 Å². The SMILES string of the molecule is CC(=O)O[C@H](C)CC#CCN1CCCCC1. The fraction of sp³-hybridized carbons (Fsp3) is 0.769. The number of rotatable bonds is 3. The van der Waals surface area contributed by atoms with Crippen molar-refractivity contribution in [2.75, 3.05) is 19.6 Å². The molecule has 1 heterocycles. The Morgan fingerprint density at radius 3 is 2.62 bits per heavy atom. The van der Waals surface area contributed by atoms with Crippen molar-refractivity contribution in [3.05, 3.63) is 0 Å². The van der Waals surface area contributed by atoms with E-state index >= 15 is 0 Å². The zero-order valence-corrected chi connectivity index (χ0v) is 10.3. The average Bonchev–Trinajstić information content (AvgIpc) is 2.25. The molecule has 0 radical (unpaired) electrons. The van der Waals surface area contributed by atoms with Gasteiger partial charge in [-0.3, -0.25) is 9.69 Å². The van der Waals surface area contributed by atoms with Gasteiger partial charge in [0, 0.05) is 13.3 Å². The highest BCUT2D eigenvalue weighted by Crippen LogP contribution is 2.07. The number of hydrogen-bond acceptors (Lipinski definition) is 3. The molecule has 0 aromatic rings. The van der Waals surface area contributed by atoms with Gasteiger partial charge in [0.05, 0.1) is 6.54 Å². The Bertz CT molecular complexity index is 271. The molecule has 0 aromatic heterocycles. The van der Waals surface area contributed by atoms with E-state index in [0.29, 0.717) is 6.42 Å². The first kappa shape index (κ1) is 13.1. The number of nitrogens with zero attached hydrogens (tertiary/aromatic N) is 1. The number of hydrogen-bond donors (Lipinski definition) is 0. The van der Waals surface area contributed by atoms with Gasteiger partial charge in [0.25, 0.3) is 0 Å². The molecule has 1 rings (SSSR count). The number of ether oxygens (including phenoxy) is 1. The van der Waals surface area contributed by atoms with Gasteiger partial charge in [-0.25, -0.2) is 0 Å². The summed E-state index contributed by atoms with van der Waals surface area (Å²) in [7, 11) is 0. The summed E-state index contributed by atoms with van der Waals surface area (Å²) in [5, 5.41) is 0. The minimum Gasteiger partial charge on any atom is -0.462 e. The zero-order chi connectivity index (χ0) is 11.8. The summed E-state index contributed by atoms with van der Waals surface area (Å²) in [5.41, 5.74) is 0. The number of esters is 1. The summed E-state index contributed by atoms with van der Waals surface area (Å²) < 4.78 is 4.99. The summed E-state index contributed by atoms with van der Waals surface area (Å²) in [6.07, 6.45) is 4.49. The maximum absolute atomic E-state index is 10.7. The first-order valence-corrected chi connectivity index (χ1v) is 6.04. The van der Waals surface area contributed by atoms with E-state index in [1.54, 1.807) is 0 Å². The second-order valence-corrected chi connectivity index (χ2v) is 4.31. The molecule has 1 fully saturated rings. The van der Waals surface area contributed by atoms with Gasteiger partial charge in [0.2, 0.25) is 0 Å². The molecule has 16 heavy (non-hydrogen) atoms. The Morgan fingerprint density at radius 1 is 1.31 bits per heavy atom. The van der Waals surface area contributed by atoms with Gasteiger partial charge in [-0.05, 0) is 32.9 Å². The molecule has 0 saturated carbocycles. The molecule has 90 valence electrons. The van der Waals surface area contributed by atoms with Crippen LogP contribution in [0.25, 0.3) is 0 Å². The molecule has 1 aliphatic heterocycles. The molecule has 0 aromatic carbocycles. The molecule has 1 saturated heterocycles. The van der Waals surface area contributed by atoms with Crippen molar-refractivity contribution in [3.63, 3.8) is 0 Å². The molecule has 1 atom stereocenters. The number of carbonyl (C=O) groups excluding carboxylic acids is 1. The largest absolute Gasteiger partial charge is 0.462 e. The number of carbonyl (C=O) groups is 1. The standard InChI is InChI=1S/C13H21NO2/c1-12(16-13(2)15)8-4-7-11-14-9-5-3-6-10-14/h12H,3,5-6,8-11H2,1-2H3/t12-/m1/s1. The fourth-order valence-electron chi connectivity index (χ4n) is 1.83. The third-order valence-corrected chi connectivity index (χ3v) is 2.63. The van der Waals surface area contributed by atoms with Crippen LogP contribution < -0.4 is 0 Å². The van der Waals surface area contributed by atoms with Crippen molar-refractivity contribution in [2.45, 2.75) is 45.6 Å². The lowest BCUT2D eigenvalue weighted by Gasteiger charge is -2.23. The molecule has 0 amide bonds. The van der Waals surface area contributed by atoms with Crippen LogP contribution in [0.1, 0.15) is 39.5 Å². The van der Waals surface area contributed by atoms with Crippen molar-refractivity contribution in [1.29, 1.82) is 0 Å². The van der Waals surface area contributed by atoms with E-state index in [-0.39, 0.29) is 12.1 Å². The van der Waals surface area contributed by atoms with Crippen LogP contribution in [0.15, 0.2) is 0 Å². The Morgan fingerprint density at radius 2 is 2.00 bits per heavy atom. The molecule has 0 bridgehead atoms. The van der Waals surface area contributed by atoms with Crippen molar-refractivity contribution in [3.8, 4) is 11.8 Å². The average molecular weight is 223 g/mol. The monoisotopic (exact) mass is 223 g/mol. The van der Waals surface area contributed by atoms with Crippen molar-refractivity contribution >= 4 is 5.97 Å². The molecule has 3 nitrogen and oxygen atoms in total. The minimum atomic E-state index is -0.231. The van der Waals surface area contributed by atoms with Crippen LogP contribution in [-0.4, -0.2) is 36.6 Å². The second kappa shape index (κ2) is 7.29. The zero-order valence-electron chi connectivity index (χ0n) is 10.3. The summed E-state index contributed by atoms with van der Waals surface area (Å²) in [6, 6.07) is 0. The van der Waals surface area contributed by atoms with Gasteiger partial charge >= 0.3 is 5.97 Å². The van der Waals surface area contributed by atoms with Gasteiger partial charge in [-0.15, -0.1) is 0 Å². The van der Waals surface area contributed by atoms with E-state index in [0.717, 1.165) is 6.54 Å². The van der Waals surface area contributed by atoms with E-state index in [1.807, 2.05) is 6.92 Å². The normalized spacial score (nSPS) is 18.4. The van der Waals surface area contributed by atoms with Crippen LogP contribution in [0.2, 0.25) is 0 Å². The Balaban J connectivity index is 2.14. The van der Waals surface area contributed by atoms with Gasteiger partial charge < -0.3 is 4.74 Å². The third kappa shape index (κ3) is 5.77. The lowest BCUT2D eigenvalue weighted by Crippen LogP contribution is -2.29. The molecule has 0 unspecified atom stereocenters. The molecular weight excluding hydrogens is 202 g/mol. The van der Waals surface area contributed by atoms with E-state index in [9.17, 15) is 4.79 Å². The highest BCUT2D eigenvalue weighted by Gasteiger charge is 2.07. The van der Waals surface area contributed by atoms with Crippen LogP contribution >= 0.6 is 0 Å². The molecular formula is C13H21NO2. The lowest BCUT2D eigenvalue weighted by molar-refractivity contribution is -0.145. The van der Waals surface area contributed by atoms with Crippen molar-refractivity contribution in [2.24, 2.45) is 0 Å². The molecule has 0 N–H and O–H groups in total. The highest BCUT2D eigenvalue weighted by atomic mass is 16.5. The summed E-state index contributed by atoms with van der Waals surface area (Å²) in [4.78, 5) is 13.0. The first-order valence-electron chi connectivity index (χ1n) is 6.04. The van der Waals surface area contributed by atoms with Gasteiger partial charge in [-0.2, -0.15) is 0 Å². The van der Waals surface area contributed by atoms with E-state index in [4.69, 9.17) is 4.74 Å². The third-order valence-electron chi connectivity index (χ3n) is 2.63. The van der Waals surface area contributed by atoms with Crippen LogP contribution in [0.4, 0.5) is 0 Å². The van der Waals surface area contributed by atoms with Crippen molar-refractivity contribution in [1.82, 2.24) is 4.90 Å². The Labute approximate surface area is 98.1 Å². The summed E-state index contributed by atoms with van der Waals surface area (Å²) in [6.45, 7) is 6.50. The Hall–Kier alpha value is -1.01. The molecule has 0 aliphatic carbocycles. The number of likely N-dealkylation sites (tertiary alicyclic amines) is 1. The quantitative estimate of drug-likeness (QED) is 0.540. The predicted octanol–water partition coefficient (Wildman–Crippen LogP) is 1.82. The van der Waals surface area contributed by atoms with Crippen LogP contribution in [-0.2, 0) is 9.53 Å². The second-order valence-electron chi connectivity index (χ2n) is 4.31. The topological polar surface area (TPSA) is 29.5 Å². The fourth-order valence-corrected chi connectivity index (χ4v) is 1.83. The van der Waals surface area contributed by atoms with Gasteiger partial charge in [0.1, 0.15) is 6.10 Å². The van der Waals surface area contributed by atoms with Crippen molar-refractivity contribution < 1.29 is 9.53 Å². The maximum Gasteiger partial charge on any atom is 0.302 e. The van der Waals surface area contributed by atoms with E-state index in [2.05, 4.69) is 16.7 Å². The molecule has 3 heteroatoms. The molecule has 0 spiro atoms. The molecule has 1 aliphatic rings. The maximum atomic E-state index is 10.7. The highest BCUT2D eigenvalue weighted by molar-refractivity contribution is 5.66. The van der Waals surface area contributed by atoms with Crippen LogP contribution in [0.5, 0.6) is 0 Å². The Kier molecular flexibility index (Phi) is 5.95. The van der Waals surface area contributed by atoms with E-state index in [1.165, 1.54) is 39.3 Å². The van der Waals surface area contributed by atoms with E-state index < -0.39 is 0 Å². The van der Waals surface area contributed by atoms with Gasteiger partial charge in [-0.1, -0.05) is 18.3 Å². The summed E-state index contributed by atoms with van der Waals surface area (Å²) >= 11 is 0. The smallest absolute Gasteiger partial charge is 0.302 e. The first-order chi connectivity index (χ1) is 7.68. The predicted molar refractivity (Wildman–Crippen MR) is 63.9 cm³/mol. The summed E-state index contributed by atoms with van der Waals surface area (Å²) in [5.74, 6) is 5.98. The number of piperidine rings is 1. The van der Waals surface area contributed by atoms with Crippen LogP contribution in [0.3, 0.4) is 0 Å². The lowest BCUT2D eigenvalue weighted by atomic mass is 10.1.